The van der Waals surface area contributed by atoms with Crippen LogP contribution in [0.5, 0.6) is 0 Å². The first kappa shape index (κ1) is 11.8. The van der Waals surface area contributed by atoms with Gasteiger partial charge in [-0.2, -0.15) is 0 Å². The smallest absolute Gasteiger partial charge is 0.0256 e. The molecule has 0 aromatic heterocycles. The van der Waals surface area contributed by atoms with Crippen molar-refractivity contribution in [2.24, 2.45) is 5.73 Å². The van der Waals surface area contributed by atoms with Gasteiger partial charge in [-0.15, -0.1) is 0 Å². The second-order valence-corrected chi connectivity index (χ2v) is 2.66. The van der Waals surface area contributed by atoms with Crippen LogP contribution in [0.1, 0.15) is 13.8 Å². The molecule has 0 aliphatic carbocycles. The zero-order valence-corrected chi connectivity index (χ0v) is 8.27. The van der Waals surface area contributed by atoms with E-state index in [1.165, 1.54) is 0 Å². The predicted octanol–water partition coefficient (Wildman–Crippen LogP) is -0.619. The predicted molar refractivity (Wildman–Crippen MR) is 52.8 cm³/mol. The van der Waals surface area contributed by atoms with Crippen molar-refractivity contribution in [2.45, 2.75) is 13.8 Å². The Labute approximate surface area is 75.5 Å². The SMILES string of the molecule is CCN.CCNN1CCNCC1. The summed E-state index contributed by atoms with van der Waals surface area (Å²) in [7, 11) is 0. The molecule has 1 fully saturated rings. The molecule has 0 unspecified atom stereocenters. The first-order chi connectivity index (χ1) is 5.85. The lowest BCUT2D eigenvalue weighted by molar-refractivity contribution is 0.169. The van der Waals surface area contributed by atoms with E-state index in [9.17, 15) is 0 Å². The average Bonchev–Trinajstić information content (AvgIpc) is 2.08. The average molecular weight is 174 g/mol. The number of hydrazine groups is 1. The highest BCUT2D eigenvalue weighted by atomic mass is 15.5. The Kier molecular flexibility index (Phi) is 8.81. The molecule has 4 N–H and O–H groups in total. The van der Waals surface area contributed by atoms with Crippen LogP contribution in [-0.2, 0) is 0 Å². The molecule has 0 bridgehead atoms. The van der Waals surface area contributed by atoms with Crippen molar-refractivity contribution in [1.29, 1.82) is 0 Å². The van der Waals surface area contributed by atoms with Gasteiger partial charge in [0.15, 0.2) is 0 Å². The van der Waals surface area contributed by atoms with Gasteiger partial charge >= 0.3 is 0 Å². The van der Waals surface area contributed by atoms with E-state index in [0.717, 1.165) is 39.3 Å². The fourth-order valence-electron chi connectivity index (χ4n) is 1.05. The summed E-state index contributed by atoms with van der Waals surface area (Å²) in [5.41, 5.74) is 8.12. The third kappa shape index (κ3) is 6.54. The highest BCUT2D eigenvalue weighted by Crippen LogP contribution is 1.84. The molecule has 0 aromatic carbocycles. The Balaban J connectivity index is 0.000000354. The van der Waals surface area contributed by atoms with Gasteiger partial charge in [-0.05, 0) is 6.54 Å². The molecule has 4 heteroatoms. The van der Waals surface area contributed by atoms with Crippen molar-refractivity contribution in [3.8, 4) is 0 Å². The van der Waals surface area contributed by atoms with Gasteiger partial charge in [-0.1, -0.05) is 13.8 Å². The summed E-state index contributed by atoms with van der Waals surface area (Å²) in [4.78, 5) is 0. The van der Waals surface area contributed by atoms with Crippen molar-refractivity contribution in [3.63, 3.8) is 0 Å². The molecule has 0 atom stereocenters. The summed E-state index contributed by atoms with van der Waals surface area (Å²) in [6, 6.07) is 0. The van der Waals surface area contributed by atoms with Crippen molar-refractivity contribution >= 4 is 0 Å². The lowest BCUT2D eigenvalue weighted by Gasteiger charge is -2.26. The van der Waals surface area contributed by atoms with Crippen LogP contribution >= 0.6 is 0 Å². The maximum Gasteiger partial charge on any atom is 0.0256 e. The molecule has 0 spiro atoms. The van der Waals surface area contributed by atoms with Gasteiger partial charge in [-0.25, -0.2) is 5.01 Å². The number of nitrogens with two attached hydrogens (primary N) is 1. The quantitative estimate of drug-likeness (QED) is 0.522. The largest absolute Gasteiger partial charge is 0.331 e. The Morgan fingerprint density at radius 2 is 1.83 bits per heavy atom. The summed E-state index contributed by atoms with van der Waals surface area (Å²) >= 11 is 0. The van der Waals surface area contributed by atoms with Crippen molar-refractivity contribution in [2.75, 3.05) is 39.3 Å². The zero-order valence-electron chi connectivity index (χ0n) is 8.27. The number of nitrogens with one attached hydrogen (secondary N) is 2. The molecule has 0 amide bonds. The molecule has 1 aliphatic heterocycles. The summed E-state index contributed by atoms with van der Waals surface area (Å²) in [5, 5.41) is 5.55. The molecule has 0 radical (unpaired) electrons. The topological polar surface area (TPSA) is 53.3 Å². The van der Waals surface area contributed by atoms with E-state index < -0.39 is 0 Å². The van der Waals surface area contributed by atoms with Crippen molar-refractivity contribution in [3.05, 3.63) is 0 Å². The Morgan fingerprint density at radius 1 is 1.33 bits per heavy atom. The van der Waals surface area contributed by atoms with E-state index in [4.69, 9.17) is 5.73 Å². The normalized spacial score (nSPS) is 18.2. The lowest BCUT2D eigenvalue weighted by atomic mass is 10.4. The number of hydrogen-bond donors (Lipinski definition) is 3. The molecular weight excluding hydrogens is 152 g/mol. The summed E-state index contributed by atoms with van der Waals surface area (Å²) in [6.45, 7) is 10.3. The van der Waals surface area contributed by atoms with E-state index in [1.54, 1.807) is 0 Å². The van der Waals surface area contributed by atoms with Gasteiger partial charge < -0.3 is 11.1 Å². The Hall–Kier alpha value is -0.160. The number of hydrogen-bond acceptors (Lipinski definition) is 4. The van der Waals surface area contributed by atoms with E-state index in [2.05, 4.69) is 22.7 Å². The van der Waals surface area contributed by atoms with E-state index in [-0.39, 0.29) is 0 Å². The monoisotopic (exact) mass is 174 g/mol. The van der Waals surface area contributed by atoms with Gasteiger partial charge in [0.2, 0.25) is 0 Å². The minimum Gasteiger partial charge on any atom is -0.331 e. The molecule has 74 valence electrons. The van der Waals surface area contributed by atoms with Crippen LogP contribution in [0.15, 0.2) is 0 Å². The van der Waals surface area contributed by atoms with E-state index in [1.807, 2.05) is 6.92 Å². The molecule has 4 nitrogen and oxygen atoms in total. The molecule has 12 heavy (non-hydrogen) atoms. The van der Waals surface area contributed by atoms with Crippen LogP contribution in [0, 0.1) is 0 Å². The number of rotatable bonds is 2. The molecule has 1 heterocycles. The molecular formula is C8H22N4. The standard InChI is InChI=1S/C6H15N3.C2H7N/c1-2-8-9-5-3-7-4-6-9;1-2-3/h7-8H,2-6H2,1H3;2-3H2,1H3. The Morgan fingerprint density at radius 3 is 2.25 bits per heavy atom. The first-order valence-corrected chi connectivity index (χ1v) is 4.74. The van der Waals surface area contributed by atoms with Crippen LogP contribution < -0.4 is 16.5 Å². The lowest BCUT2D eigenvalue weighted by Crippen LogP contribution is -2.50. The minimum atomic E-state index is 0.750. The van der Waals surface area contributed by atoms with Gasteiger partial charge in [0.25, 0.3) is 0 Å². The second kappa shape index (κ2) is 8.93. The maximum absolute atomic E-state index is 4.85. The van der Waals surface area contributed by atoms with Crippen LogP contribution in [0.3, 0.4) is 0 Å². The van der Waals surface area contributed by atoms with Gasteiger partial charge in [0.1, 0.15) is 0 Å². The zero-order chi connectivity index (χ0) is 9.23. The maximum atomic E-state index is 4.85. The Bertz CT molecular complexity index is 78.4. The molecule has 0 aromatic rings. The second-order valence-electron chi connectivity index (χ2n) is 2.66. The first-order valence-electron chi connectivity index (χ1n) is 4.74. The summed E-state index contributed by atoms with van der Waals surface area (Å²) < 4.78 is 0. The van der Waals surface area contributed by atoms with Crippen molar-refractivity contribution < 1.29 is 0 Å². The number of nitrogens with zero attached hydrogens (tertiary/aromatic N) is 1. The molecule has 1 rings (SSSR count). The molecule has 1 aliphatic rings. The highest BCUT2D eigenvalue weighted by molar-refractivity contribution is 4.62. The van der Waals surface area contributed by atoms with Crippen LogP contribution in [0.25, 0.3) is 0 Å². The summed E-state index contributed by atoms with van der Waals surface area (Å²) in [5.74, 6) is 0. The van der Waals surface area contributed by atoms with Crippen LogP contribution in [-0.4, -0.2) is 44.3 Å². The minimum absolute atomic E-state index is 0.750. The van der Waals surface area contributed by atoms with Gasteiger partial charge in [0, 0.05) is 32.7 Å². The van der Waals surface area contributed by atoms with Crippen LogP contribution in [0.4, 0.5) is 0 Å². The fraction of sp³-hybridized carbons (Fsp3) is 1.00. The molecule has 1 saturated heterocycles. The van der Waals surface area contributed by atoms with E-state index >= 15 is 0 Å². The van der Waals surface area contributed by atoms with Crippen LogP contribution in [0.2, 0.25) is 0 Å². The fourth-order valence-corrected chi connectivity index (χ4v) is 1.05. The number of piperazine rings is 1. The highest BCUT2D eigenvalue weighted by Gasteiger charge is 2.05. The van der Waals surface area contributed by atoms with Gasteiger partial charge in [-0.3, -0.25) is 5.43 Å². The molecule has 0 saturated carbocycles. The third-order valence-corrected chi connectivity index (χ3v) is 1.50. The van der Waals surface area contributed by atoms with Gasteiger partial charge in [0.05, 0.1) is 0 Å². The van der Waals surface area contributed by atoms with Crippen molar-refractivity contribution in [1.82, 2.24) is 15.8 Å². The van der Waals surface area contributed by atoms with E-state index in [0.29, 0.717) is 0 Å². The third-order valence-electron chi connectivity index (χ3n) is 1.50. The summed E-state index contributed by atoms with van der Waals surface area (Å²) in [6.07, 6.45) is 0.